The first kappa shape index (κ1) is 10.7. The molecular formula is C11H8ClNO3. The van der Waals surface area contributed by atoms with Gasteiger partial charge in [0, 0.05) is 10.6 Å². The minimum Gasteiger partial charge on any atom is -0.475 e. The zero-order valence-corrected chi connectivity index (χ0v) is 9.15. The van der Waals surface area contributed by atoms with Crippen LogP contribution in [0.2, 0.25) is 5.02 Å². The number of hydrogen-bond acceptors (Lipinski definition) is 3. The fourth-order valence-electron chi connectivity index (χ4n) is 1.50. The molecular weight excluding hydrogens is 230 g/mol. The highest BCUT2D eigenvalue weighted by atomic mass is 35.5. The molecule has 1 N–H and O–H groups in total. The van der Waals surface area contributed by atoms with E-state index in [0.29, 0.717) is 21.8 Å². The number of carboxylic acid groups (broad SMARTS) is 1. The average molecular weight is 238 g/mol. The number of aryl methyl sites for hydroxylation is 1. The van der Waals surface area contributed by atoms with Crippen LogP contribution in [0.1, 0.15) is 16.2 Å². The molecule has 0 aliphatic carbocycles. The Morgan fingerprint density at radius 2 is 2.12 bits per heavy atom. The maximum atomic E-state index is 10.9. The second kappa shape index (κ2) is 3.98. The van der Waals surface area contributed by atoms with Gasteiger partial charge in [-0.2, -0.15) is 0 Å². The molecule has 1 aromatic carbocycles. The van der Waals surface area contributed by atoms with Gasteiger partial charge in [-0.25, -0.2) is 4.79 Å². The Balaban J connectivity index is 2.68. The minimum atomic E-state index is -1.16. The zero-order chi connectivity index (χ0) is 11.7. The Kier molecular flexibility index (Phi) is 2.66. The van der Waals surface area contributed by atoms with Crippen molar-refractivity contribution >= 4 is 17.6 Å². The van der Waals surface area contributed by atoms with Gasteiger partial charge in [0.05, 0.1) is 11.3 Å². The van der Waals surface area contributed by atoms with Crippen LogP contribution < -0.4 is 0 Å². The molecule has 0 atom stereocenters. The van der Waals surface area contributed by atoms with Crippen molar-refractivity contribution in [2.24, 2.45) is 0 Å². The van der Waals surface area contributed by atoms with Crippen molar-refractivity contribution in [2.45, 2.75) is 6.92 Å². The van der Waals surface area contributed by atoms with Gasteiger partial charge in [-0.1, -0.05) is 35.0 Å². The SMILES string of the molecule is Cc1noc(C(=O)O)c1-c1ccccc1Cl. The second-order valence-corrected chi connectivity index (χ2v) is 3.66. The molecule has 0 saturated carbocycles. The molecule has 0 aliphatic heterocycles. The molecule has 0 aliphatic rings. The summed E-state index contributed by atoms with van der Waals surface area (Å²) >= 11 is 6.00. The quantitative estimate of drug-likeness (QED) is 0.872. The summed E-state index contributed by atoms with van der Waals surface area (Å²) in [5.41, 5.74) is 1.55. The number of carbonyl (C=O) groups is 1. The predicted molar refractivity (Wildman–Crippen MR) is 58.6 cm³/mol. The number of rotatable bonds is 2. The molecule has 0 amide bonds. The van der Waals surface area contributed by atoms with Crippen LogP contribution in [0, 0.1) is 6.92 Å². The van der Waals surface area contributed by atoms with Crippen LogP contribution in [-0.2, 0) is 0 Å². The van der Waals surface area contributed by atoms with Crippen LogP contribution in [0.25, 0.3) is 11.1 Å². The molecule has 0 saturated heterocycles. The van der Waals surface area contributed by atoms with Crippen molar-refractivity contribution in [3.8, 4) is 11.1 Å². The molecule has 82 valence electrons. The minimum absolute atomic E-state index is 0.189. The molecule has 0 radical (unpaired) electrons. The van der Waals surface area contributed by atoms with Crippen molar-refractivity contribution in [3.05, 3.63) is 40.7 Å². The number of benzene rings is 1. The van der Waals surface area contributed by atoms with E-state index < -0.39 is 5.97 Å². The maximum Gasteiger partial charge on any atom is 0.375 e. The molecule has 0 spiro atoms. The van der Waals surface area contributed by atoms with E-state index in [1.54, 1.807) is 31.2 Å². The van der Waals surface area contributed by atoms with Crippen molar-refractivity contribution in [3.63, 3.8) is 0 Å². The van der Waals surface area contributed by atoms with Gasteiger partial charge in [0.2, 0.25) is 0 Å². The van der Waals surface area contributed by atoms with E-state index in [2.05, 4.69) is 5.16 Å². The molecule has 2 rings (SSSR count). The summed E-state index contributed by atoms with van der Waals surface area (Å²) in [7, 11) is 0. The second-order valence-electron chi connectivity index (χ2n) is 3.26. The summed E-state index contributed by atoms with van der Waals surface area (Å²) in [6, 6.07) is 6.97. The van der Waals surface area contributed by atoms with Crippen LogP contribution in [0.15, 0.2) is 28.8 Å². The number of hydrogen-bond donors (Lipinski definition) is 1. The molecule has 1 heterocycles. The van der Waals surface area contributed by atoms with Gasteiger partial charge in [-0.15, -0.1) is 0 Å². The molecule has 4 nitrogen and oxygen atoms in total. The summed E-state index contributed by atoms with van der Waals surface area (Å²) in [6.45, 7) is 1.68. The highest BCUT2D eigenvalue weighted by Gasteiger charge is 2.22. The Bertz CT molecular complexity index is 548. The topological polar surface area (TPSA) is 63.3 Å². The van der Waals surface area contributed by atoms with Gasteiger partial charge >= 0.3 is 5.97 Å². The number of aromatic nitrogens is 1. The van der Waals surface area contributed by atoms with E-state index >= 15 is 0 Å². The molecule has 1 aromatic heterocycles. The van der Waals surface area contributed by atoms with Crippen LogP contribution >= 0.6 is 11.6 Å². The number of nitrogens with zero attached hydrogens (tertiary/aromatic N) is 1. The van der Waals surface area contributed by atoms with Gasteiger partial charge in [-0.05, 0) is 13.0 Å². The number of carboxylic acids is 1. The molecule has 0 fully saturated rings. The molecule has 0 bridgehead atoms. The normalized spacial score (nSPS) is 10.4. The highest BCUT2D eigenvalue weighted by Crippen LogP contribution is 2.32. The molecule has 5 heteroatoms. The summed E-state index contributed by atoms with van der Waals surface area (Å²) in [5, 5.41) is 13.1. The van der Waals surface area contributed by atoms with Crippen LogP contribution in [0.4, 0.5) is 0 Å². The van der Waals surface area contributed by atoms with Crippen LogP contribution in [0.5, 0.6) is 0 Å². The average Bonchev–Trinajstić information content (AvgIpc) is 2.61. The van der Waals surface area contributed by atoms with Gasteiger partial charge in [0.1, 0.15) is 0 Å². The number of halogens is 1. The largest absolute Gasteiger partial charge is 0.475 e. The molecule has 16 heavy (non-hydrogen) atoms. The standard InChI is InChI=1S/C11H8ClNO3/c1-6-9(10(11(14)15)16-13-6)7-4-2-3-5-8(7)12/h2-5H,1H3,(H,14,15). The Hall–Kier alpha value is -1.81. The lowest BCUT2D eigenvalue weighted by molar-refractivity contribution is 0.0653. The van der Waals surface area contributed by atoms with E-state index in [0.717, 1.165) is 0 Å². The lowest BCUT2D eigenvalue weighted by Gasteiger charge is -2.02. The van der Waals surface area contributed by atoms with E-state index in [1.807, 2.05) is 0 Å². The Morgan fingerprint density at radius 1 is 1.44 bits per heavy atom. The highest BCUT2D eigenvalue weighted by molar-refractivity contribution is 6.33. The smallest absolute Gasteiger partial charge is 0.375 e. The van der Waals surface area contributed by atoms with Crippen molar-refractivity contribution in [1.82, 2.24) is 5.16 Å². The van der Waals surface area contributed by atoms with Gasteiger partial charge < -0.3 is 9.63 Å². The van der Waals surface area contributed by atoms with E-state index in [9.17, 15) is 4.79 Å². The van der Waals surface area contributed by atoms with Crippen molar-refractivity contribution < 1.29 is 14.4 Å². The Morgan fingerprint density at radius 3 is 2.75 bits per heavy atom. The van der Waals surface area contributed by atoms with Crippen LogP contribution in [-0.4, -0.2) is 16.2 Å². The third-order valence-corrected chi connectivity index (χ3v) is 2.53. The monoisotopic (exact) mass is 237 g/mol. The fourth-order valence-corrected chi connectivity index (χ4v) is 1.73. The molecule has 0 unspecified atom stereocenters. The van der Waals surface area contributed by atoms with Gasteiger partial charge in [0.15, 0.2) is 0 Å². The number of aromatic carboxylic acids is 1. The van der Waals surface area contributed by atoms with Crippen molar-refractivity contribution in [2.75, 3.05) is 0 Å². The first-order chi connectivity index (χ1) is 7.61. The van der Waals surface area contributed by atoms with Gasteiger partial charge in [-0.3, -0.25) is 0 Å². The lowest BCUT2D eigenvalue weighted by Crippen LogP contribution is -1.96. The van der Waals surface area contributed by atoms with Gasteiger partial charge in [0.25, 0.3) is 5.76 Å². The fraction of sp³-hybridized carbons (Fsp3) is 0.0909. The zero-order valence-electron chi connectivity index (χ0n) is 8.40. The predicted octanol–water partition coefficient (Wildman–Crippen LogP) is 3.00. The van der Waals surface area contributed by atoms with E-state index in [4.69, 9.17) is 21.2 Å². The van der Waals surface area contributed by atoms with E-state index in [1.165, 1.54) is 0 Å². The third-order valence-electron chi connectivity index (χ3n) is 2.20. The summed E-state index contributed by atoms with van der Waals surface area (Å²) in [4.78, 5) is 10.9. The van der Waals surface area contributed by atoms with Crippen molar-refractivity contribution in [1.29, 1.82) is 0 Å². The summed E-state index contributed by atoms with van der Waals surface area (Å²) in [6.07, 6.45) is 0. The first-order valence-electron chi connectivity index (χ1n) is 4.55. The van der Waals surface area contributed by atoms with E-state index in [-0.39, 0.29) is 5.76 Å². The third kappa shape index (κ3) is 1.67. The lowest BCUT2D eigenvalue weighted by atomic mass is 10.0. The maximum absolute atomic E-state index is 10.9. The summed E-state index contributed by atoms with van der Waals surface area (Å²) < 4.78 is 4.76. The molecule has 2 aromatic rings. The summed E-state index contributed by atoms with van der Waals surface area (Å²) in [5.74, 6) is -1.35. The first-order valence-corrected chi connectivity index (χ1v) is 4.93. The van der Waals surface area contributed by atoms with Crippen LogP contribution in [0.3, 0.4) is 0 Å². The Labute approximate surface area is 96.4 Å².